The highest BCUT2D eigenvalue weighted by molar-refractivity contribution is 5.67. The van der Waals surface area contributed by atoms with Gasteiger partial charge in [0.25, 0.3) is 0 Å². The topological polar surface area (TPSA) is 41.6 Å². The molecule has 0 rings (SSSR count). The van der Waals surface area contributed by atoms with E-state index in [0.717, 1.165) is 38.8 Å². The van der Waals surface area contributed by atoms with Crippen LogP contribution in [0.25, 0.3) is 0 Å². The first-order valence-electron chi connectivity index (χ1n) is 8.26. The van der Waals surface area contributed by atoms with E-state index in [1.165, 1.54) is 19.3 Å². The van der Waals surface area contributed by atoms with Crippen molar-refractivity contribution in [3.05, 3.63) is 0 Å². The molecule has 0 aromatic rings. The van der Waals surface area contributed by atoms with E-state index in [1.54, 1.807) is 0 Å². The average Bonchev–Trinajstić information content (AvgIpc) is 2.43. The van der Waals surface area contributed by atoms with Gasteiger partial charge >= 0.3 is 6.09 Å². The second-order valence-corrected chi connectivity index (χ2v) is 5.49. The Morgan fingerprint density at radius 3 is 2.45 bits per heavy atom. The summed E-state index contributed by atoms with van der Waals surface area (Å²) >= 11 is 0. The predicted octanol–water partition coefficient (Wildman–Crippen LogP) is 3.80. The lowest BCUT2D eigenvalue weighted by Crippen LogP contribution is -2.35. The third-order valence-electron chi connectivity index (χ3n) is 3.57. The molecule has 20 heavy (non-hydrogen) atoms. The van der Waals surface area contributed by atoms with E-state index in [9.17, 15) is 4.79 Å². The summed E-state index contributed by atoms with van der Waals surface area (Å²) in [6.07, 6.45) is 7.76. The Balaban J connectivity index is 3.82. The molecule has 0 aliphatic carbocycles. The molecule has 1 N–H and O–H groups in total. The zero-order valence-corrected chi connectivity index (χ0v) is 13.9. The minimum absolute atomic E-state index is 0.0840. The normalized spacial score (nSPS) is 12.4. The van der Waals surface area contributed by atoms with E-state index in [2.05, 4.69) is 31.0 Å². The number of likely N-dealkylation sites (N-methyl/N-ethyl adjacent to an activating group) is 1. The molecule has 4 nitrogen and oxygen atoms in total. The molecule has 0 aromatic carbocycles. The number of hydrogen-bond acceptors (Lipinski definition) is 3. The first kappa shape index (κ1) is 19.2. The maximum atomic E-state index is 11.7. The van der Waals surface area contributed by atoms with Crippen molar-refractivity contribution in [2.75, 3.05) is 26.7 Å². The van der Waals surface area contributed by atoms with E-state index >= 15 is 0 Å². The minimum Gasteiger partial charge on any atom is -0.446 e. The van der Waals surface area contributed by atoms with Crippen molar-refractivity contribution in [1.82, 2.24) is 10.2 Å². The summed E-state index contributed by atoms with van der Waals surface area (Å²) in [5.41, 5.74) is 0. The highest BCUT2D eigenvalue weighted by atomic mass is 16.6. The lowest BCUT2D eigenvalue weighted by Gasteiger charge is -2.19. The molecule has 0 saturated heterocycles. The van der Waals surface area contributed by atoms with Crippen molar-refractivity contribution in [1.29, 1.82) is 0 Å². The zero-order valence-electron chi connectivity index (χ0n) is 13.9. The fourth-order valence-corrected chi connectivity index (χ4v) is 2.08. The number of rotatable bonds is 12. The summed E-state index contributed by atoms with van der Waals surface area (Å²) in [7, 11) is 2.04. The standard InChI is InChI=1S/C16H34N2O2/c1-5-8-9-10-12-15(11-6-2)20-16(19)17-13-14-18(4)7-3/h15H,5-14H2,1-4H3,(H,17,19). The molecule has 0 saturated carbocycles. The molecule has 1 unspecified atom stereocenters. The molecule has 0 aromatic heterocycles. The molecule has 1 amide bonds. The number of amides is 1. The fourth-order valence-electron chi connectivity index (χ4n) is 2.08. The Bertz CT molecular complexity index is 235. The van der Waals surface area contributed by atoms with Gasteiger partial charge in [0.1, 0.15) is 6.10 Å². The second kappa shape index (κ2) is 13.2. The third-order valence-corrected chi connectivity index (χ3v) is 3.57. The number of carbonyl (C=O) groups excluding carboxylic acids is 1. The largest absolute Gasteiger partial charge is 0.446 e. The first-order valence-corrected chi connectivity index (χ1v) is 8.26. The van der Waals surface area contributed by atoms with E-state index < -0.39 is 0 Å². The van der Waals surface area contributed by atoms with E-state index in [-0.39, 0.29) is 12.2 Å². The maximum absolute atomic E-state index is 11.7. The van der Waals surface area contributed by atoms with E-state index in [1.807, 2.05) is 7.05 Å². The lowest BCUT2D eigenvalue weighted by molar-refractivity contribution is 0.0849. The number of unbranched alkanes of at least 4 members (excludes halogenated alkanes) is 3. The van der Waals surface area contributed by atoms with Crippen molar-refractivity contribution in [3.63, 3.8) is 0 Å². The molecule has 120 valence electrons. The monoisotopic (exact) mass is 286 g/mol. The van der Waals surface area contributed by atoms with Gasteiger partial charge in [0.2, 0.25) is 0 Å². The quantitative estimate of drug-likeness (QED) is 0.555. The van der Waals surface area contributed by atoms with Crippen molar-refractivity contribution in [2.45, 2.75) is 71.8 Å². The fraction of sp³-hybridized carbons (Fsp3) is 0.938. The summed E-state index contributed by atoms with van der Waals surface area (Å²) in [5.74, 6) is 0. The Morgan fingerprint density at radius 1 is 1.10 bits per heavy atom. The summed E-state index contributed by atoms with van der Waals surface area (Å²) < 4.78 is 5.52. The van der Waals surface area contributed by atoms with Crippen LogP contribution in [-0.4, -0.2) is 43.8 Å². The molecule has 4 heteroatoms. The van der Waals surface area contributed by atoms with Crippen molar-refractivity contribution in [2.24, 2.45) is 0 Å². The zero-order chi connectivity index (χ0) is 15.2. The van der Waals surface area contributed by atoms with E-state index in [4.69, 9.17) is 4.74 Å². The SMILES string of the molecule is CCCCCCC(CCC)OC(=O)NCCN(C)CC. The highest BCUT2D eigenvalue weighted by Crippen LogP contribution is 2.13. The van der Waals surface area contributed by atoms with Crippen LogP contribution < -0.4 is 5.32 Å². The second-order valence-electron chi connectivity index (χ2n) is 5.49. The van der Waals surface area contributed by atoms with Gasteiger partial charge in [0.15, 0.2) is 0 Å². The minimum atomic E-state index is -0.261. The van der Waals surface area contributed by atoms with Gasteiger partial charge in [-0.05, 0) is 32.9 Å². The number of ether oxygens (including phenoxy) is 1. The van der Waals surface area contributed by atoms with Crippen LogP contribution in [0.4, 0.5) is 4.79 Å². The Hall–Kier alpha value is -0.770. The molecule has 0 spiro atoms. The third kappa shape index (κ3) is 11.1. The highest BCUT2D eigenvalue weighted by Gasteiger charge is 2.13. The number of nitrogens with one attached hydrogen (secondary N) is 1. The van der Waals surface area contributed by atoms with Crippen LogP contribution in [-0.2, 0) is 4.74 Å². The van der Waals surface area contributed by atoms with Crippen LogP contribution in [0.15, 0.2) is 0 Å². The molecule has 0 aliphatic rings. The van der Waals surface area contributed by atoms with Crippen molar-refractivity contribution >= 4 is 6.09 Å². The molecule has 0 heterocycles. The van der Waals surface area contributed by atoms with Gasteiger partial charge in [0.05, 0.1) is 0 Å². The summed E-state index contributed by atoms with van der Waals surface area (Å²) in [4.78, 5) is 13.9. The maximum Gasteiger partial charge on any atom is 0.407 e. The lowest BCUT2D eigenvalue weighted by atomic mass is 10.1. The van der Waals surface area contributed by atoms with Crippen molar-refractivity contribution < 1.29 is 9.53 Å². The molecule has 1 atom stereocenters. The van der Waals surface area contributed by atoms with Crippen LogP contribution in [0.3, 0.4) is 0 Å². The molecule has 0 radical (unpaired) electrons. The number of carbonyl (C=O) groups is 1. The molecule has 0 fully saturated rings. The smallest absolute Gasteiger partial charge is 0.407 e. The van der Waals surface area contributed by atoms with E-state index in [0.29, 0.717) is 6.54 Å². The molecular weight excluding hydrogens is 252 g/mol. The summed E-state index contributed by atoms with van der Waals surface area (Å²) in [6, 6.07) is 0. The molecule has 0 bridgehead atoms. The van der Waals surface area contributed by atoms with Gasteiger partial charge in [0, 0.05) is 13.1 Å². The number of hydrogen-bond donors (Lipinski definition) is 1. The predicted molar refractivity (Wildman–Crippen MR) is 85.1 cm³/mol. The molecule has 0 aliphatic heterocycles. The van der Waals surface area contributed by atoms with Gasteiger partial charge in [-0.25, -0.2) is 4.79 Å². The number of alkyl carbamates (subject to hydrolysis) is 1. The van der Waals surface area contributed by atoms with Crippen LogP contribution >= 0.6 is 0 Å². The van der Waals surface area contributed by atoms with Crippen LogP contribution in [0.2, 0.25) is 0 Å². The Kier molecular flexibility index (Phi) is 12.7. The van der Waals surface area contributed by atoms with Gasteiger partial charge in [-0.2, -0.15) is 0 Å². The Morgan fingerprint density at radius 2 is 1.85 bits per heavy atom. The van der Waals surface area contributed by atoms with Gasteiger partial charge < -0.3 is 15.0 Å². The summed E-state index contributed by atoms with van der Waals surface area (Å²) in [5, 5.41) is 2.84. The first-order chi connectivity index (χ1) is 9.63. The number of nitrogens with zero attached hydrogens (tertiary/aromatic N) is 1. The van der Waals surface area contributed by atoms with Gasteiger partial charge in [-0.3, -0.25) is 0 Å². The van der Waals surface area contributed by atoms with Gasteiger partial charge in [-0.15, -0.1) is 0 Å². The average molecular weight is 286 g/mol. The Labute approximate surface area is 125 Å². The van der Waals surface area contributed by atoms with Crippen molar-refractivity contribution in [3.8, 4) is 0 Å². The van der Waals surface area contributed by atoms with Crippen LogP contribution in [0.5, 0.6) is 0 Å². The van der Waals surface area contributed by atoms with Crippen LogP contribution in [0, 0.1) is 0 Å². The summed E-state index contributed by atoms with van der Waals surface area (Å²) in [6.45, 7) is 8.95. The van der Waals surface area contributed by atoms with Crippen LogP contribution in [0.1, 0.15) is 65.7 Å². The van der Waals surface area contributed by atoms with Gasteiger partial charge in [-0.1, -0.05) is 46.5 Å². The molecular formula is C16H34N2O2.